The van der Waals surface area contributed by atoms with E-state index >= 15 is 0 Å². The van der Waals surface area contributed by atoms with E-state index in [0.717, 1.165) is 20.1 Å². The molecule has 2 aliphatic rings. The smallest absolute Gasteiger partial charge is 0.193 e. The van der Waals surface area contributed by atoms with Gasteiger partial charge in [0, 0.05) is 4.91 Å². The molecule has 0 aromatic rings. The van der Waals surface area contributed by atoms with E-state index in [1.165, 1.54) is 11.8 Å². The minimum absolute atomic E-state index is 0.181. The lowest BCUT2D eigenvalue weighted by molar-refractivity contribution is -0.250. The largest absolute Gasteiger partial charge is 0.285 e. The van der Waals surface area contributed by atoms with Crippen molar-refractivity contribution in [3.8, 4) is 0 Å². The Morgan fingerprint density at radius 3 is 2.19 bits per heavy atom. The maximum Gasteiger partial charge on any atom is 0.193 e. The van der Waals surface area contributed by atoms with E-state index in [0.29, 0.717) is 10.7 Å². The lowest BCUT2D eigenvalue weighted by Gasteiger charge is -2.33. The zero-order chi connectivity index (χ0) is 12.2. The van der Waals surface area contributed by atoms with Crippen LogP contribution in [-0.4, -0.2) is 36.5 Å². The maximum absolute atomic E-state index is 9.94. The second-order valence-electron chi connectivity index (χ2n) is 4.30. The fourth-order valence-corrected chi connectivity index (χ4v) is 2.68. The highest BCUT2D eigenvalue weighted by atomic mass is 32.2. The molecule has 3 N–H and O–H groups in total. The normalized spacial score (nSPS) is 24.6. The van der Waals surface area contributed by atoms with Gasteiger partial charge in [0.15, 0.2) is 11.5 Å². The van der Waals surface area contributed by atoms with E-state index in [-0.39, 0.29) is 5.82 Å². The van der Waals surface area contributed by atoms with Gasteiger partial charge in [-0.2, -0.15) is 0 Å². The van der Waals surface area contributed by atoms with Crippen LogP contribution in [0.25, 0.3) is 0 Å². The Kier molecular flexibility index (Phi) is 2.39. The first kappa shape index (κ1) is 11.6. The highest BCUT2D eigenvalue weighted by Crippen LogP contribution is 2.47. The van der Waals surface area contributed by atoms with Crippen molar-refractivity contribution in [2.75, 3.05) is 0 Å². The van der Waals surface area contributed by atoms with Gasteiger partial charge in [-0.1, -0.05) is 11.8 Å². The molecule has 0 saturated carbocycles. The van der Waals surface area contributed by atoms with Crippen molar-refractivity contribution in [3.63, 3.8) is 0 Å². The van der Waals surface area contributed by atoms with Gasteiger partial charge in [-0.05, 0) is 27.7 Å². The molecule has 0 unspecified atom stereocenters. The number of hydroxylamine groups is 6. The third kappa shape index (κ3) is 1.26. The van der Waals surface area contributed by atoms with Crippen molar-refractivity contribution in [2.45, 2.75) is 33.4 Å². The van der Waals surface area contributed by atoms with Crippen LogP contribution in [-0.2, 0) is 0 Å². The molecule has 2 rings (SSSR count). The van der Waals surface area contributed by atoms with Crippen molar-refractivity contribution in [1.82, 2.24) is 15.2 Å². The van der Waals surface area contributed by atoms with Gasteiger partial charge in [-0.15, -0.1) is 0 Å². The Labute approximate surface area is 97.9 Å². The van der Waals surface area contributed by atoms with Crippen molar-refractivity contribution in [2.24, 2.45) is 0 Å². The highest BCUT2D eigenvalue weighted by molar-refractivity contribution is 8.06. The van der Waals surface area contributed by atoms with Crippen LogP contribution in [0.2, 0.25) is 0 Å². The lowest BCUT2D eigenvalue weighted by atomic mass is 10.2. The fourth-order valence-electron chi connectivity index (χ4n) is 1.58. The van der Waals surface area contributed by atoms with Gasteiger partial charge in [-0.25, -0.2) is 15.2 Å². The average molecular weight is 245 g/mol. The Balaban J connectivity index is 2.47. The molecule has 6 nitrogen and oxygen atoms in total. The SMILES string of the molecule is CC1=C(C)N(O)C2=C(S1)N(O)C(C)(C)N2O. The van der Waals surface area contributed by atoms with E-state index in [9.17, 15) is 15.6 Å². The van der Waals surface area contributed by atoms with Crippen LogP contribution in [0, 0.1) is 0 Å². The standard InChI is InChI=1S/C9H15N3O3S/c1-5-6(2)16-8-7(10(5)13)11(14)9(3,4)12(8)15/h13-15H,1-4H3. The lowest BCUT2D eigenvalue weighted by Crippen LogP contribution is -2.47. The van der Waals surface area contributed by atoms with Crippen LogP contribution in [0.4, 0.5) is 0 Å². The van der Waals surface area contributed by atoms with Crippen LogP contribution in [0.15, 0.2) is 21.5 Å². The summed E-state index contributed by atoms with van der Waals surface area (Å²) in [7, 11) is 0. The number of allylic oxidation sites excluding steroid dienone is 2. The molecule has 0 atom stereocenters. The summed E-state index contributed by atoms with van der Waals surface area (Å²) in [5.74, 6) is 0.181. The zero-order valence-corrected chi connectivity index (χ0v) is 10.4. The van der Waals surface area contributed by atoms with Crippen LogP contribution < -0.4 is 0 Å². The van der Waals surface area contributed by atoms with Gasteiger partial charge in [0.05, 0.1) is 5.70 Å². The van der Waals surface area contributed by atoms with E-state index in [4.69, 9.17) is 0 Å². The molecule has 7 heteroatoms. The molecule has 90 valence electrons. The van der Waals surface area contributed by atoms with Crippen LogP contribution in [0.5, 0.6) is 0 Å². The Bertz CT molecular complexity index is 405. The monoisotopic (exact) mass is 245 g/mol. The summed E-state index contributed by atoms with van der Waals surface area (Å²) in [5, 5.41) is 32.9. The van der Waals surface area contributed by atoms with Crippen LogP contribution in [0.3, 0.4) is 0 Å². The molecule has 0 spiro atoms. The quantitative estimate of drug-likeness (QED) is 0.602. The Hall–Kier alpha value is -0.890. The summed E-state index contributed by atoms with van der Waals surface area (Å²) >= 11 is 1.31. The summed E-state index contributed by atoms with van der Waals surface area (Å²) < 4.78 is 0. The molecule has 0 amide bonds. The van der Waals surface area contributed by atoms with Crippen molar-refractivity contribution < 1.29 is 15.6 Å². The van der Waals surface area contributed by atoms with Crippen LogP contribution in [0.1, 0.15) is 27.7 Å². The predicted octanol–water partition coefficient (Wildman–Crippen LogP) is 1.93. The highest BCUT2D eigenvalue weighted by Gasteiger charge is 2.48. The topological polar surface area (TPSA) is 70.4 Å². The maximum atomic E-state index is 9.94. The van der Waals surface area contributed by atoms with E-state index in [1.54, 1.807) is 20.8 Å². The average Bonchev–Trinajstić information content (AvgIpc) is 2.38. The second kappa shape index (κ2) is 3.30. The number of thioether (sulfide) groups is 1. The molecule has 0 aliphatic carbocycles. The third-order valence-electron chi connectivity index (χ3n) is 2.90. The third-order valence-corrected chi connectivity index (χ3v) is 4.05. The molecule has 0 aromatic heterocycles. The zero-order valence-electron chi connectivity index (χ0n) is 9.59. The van der Waals surface area contributed by atoms with Gasteiger partial charge in [-0.3, -0.25) is 15.6 Å². The first-order valence-corrected chi connectivity index (χ1v) is 5.67. The first-order chi connectivity index (χ1) is 7.28. The minimum atomic E-state index is -0.996. The van der Waals surface area contributed by atoms with E-state index in [2.05, 4.69) is 0 Å². The summed E-state index contributed by atoms with van der Waals surface area (Å²) in [6, 6.07) is 0. The molecule has 2 heterocycles. The van der Waals surface area contributed by atoms with Crippen molar-refractivity contribution in [3.05, 3.63) is 21.5 Å². The number of hydrogen-bond donors (Lipinski definition) is 3. The molecule has 16 heavy (non-hydrogen) atoms. The minimum Gasteiger partial charge on any atom is -0.285 e. The number of rotatable bonds is 0. The number of nitrogens with zero attached hydrogens (tertiary/aromatic N) is 3. The Morgan fingerprint density at radius 2 is 1.62 bits per heavy atom. The second-order valence-corrected chi connectivity index (χ2v) is 5.51. The molecule has 0 radical (unpaired) electrons. The summed E-state index contributed by atoms with van der Waals surface area (Å²) in [4.78, 5) is 0.867. The predicted molar refractivity (Wildman–Crippen MR) is 57.9 cm³/mol. The van der Waals surface area contributed by atoms with Gasteiger partial charge >= 0.3 is 0 Å². The van der Waals surface area contributed by atoms with Gasteiger partial charge in [0.25, 0.3) is 0 Å². The first-order valence-electron chi connectivity index (χ1n) is 4.85. The molecule has 0 bridgehead atoms. The van der Waals surface area contributed by atoms with Crippen LogP contribution >= 0.6 is 11.8 Å². The molecule has 0 saturated heterocycles. The summed E-state index contributed by atoms with van der Waals surface area (Å²) in [6.45, 7) is 6.87. The summed E-state index contributed by atoms with van der Waals surface area (Å²) in [5.41, 5.74) is -0.363. The Morgan fingerprint density at radius 1 is 1.06 bits per heavy atom. The molecule has 2 aliphatic heterocycles. The van der Waals surface area contributed by atoms with Gasteiger partial charge in [0.2, 0.25) is 0 Å². The summed E-state index contributed by atoms with van der Waals surface area (Å²) in [6.07, 6.45) is 0. The van der Waals surface area contributed by atoms with Gasteiger partial charge < -0.3 is 0 Å². The van der Waals surface area contributed by atoms with Crippen molar-refractivity contribution in [1.29, 1.82) is 0 Å². The van der Waals surface area contributed by atoms with Crippen molar-refractivity contribution >= 4 is 11.8 Å². The molecule has 0 fully saturated rings. The van der Waals surface area contributed by atoms with E-state index in [1.807, 2.05) is 6.92 Å². The fraction of sp³-hybridized carbons (Fsp3) is 0.556. The molecule has 0 aromatic carbocycles. The number of hydrogen-bond acceptors (Lipinski definition) is 7. The van der Waals surface area contributed by atoms with E-state index < -0.39 is 5.66 Å². The molecular formula is C9H15N3O3S. The molecular weight excluding hydrogens is 230 g/mol. The van der Waals surface area contributed by atoms with Gasteiger partial charge in [0.1, 0.15) is 5.03 Å².